The Kier molecular flexibility index (Phi) is 6.56. The van der Waals surface area contributed by atoms with E-state index >= 15 is 0 Å². The van der Waals surface area contributed by atoms with Gasteiger partial charge in [0.15, 0.2) is 11.6 Å². The van der Waals surface area contributed by atoms with Crippen molar-refractivity contribution in [1.82, 2.24) is 19.5 Å². The first-order valence-corrected chi connectivity index (χ1v) is 17.0. The molecule has 0 radical (unpaired) electrons. The molecule has 6 aromatic carbocycles. The highest BCUT2D eigenvalue weighted by atomic mass is 16.3. The molecule has 3 aromatic heterocycles. The summed E-state index contributed by atoms with van der Waals surface area (Å²) in [4.78, 5) is 15.1. The van der Waals surface area contributed by atoms with Gasteiger partial charge in [0.05, 0.1) is 11.0 Å². The fourth-order valence-corrected chi connectivity index (χ4v) is 7.37. The zero-order valence-corrected chi connectivity index (χ0v) is 27.1. The van der Waals surface area contributed by atoms with Crippen LogP contribution in [-0.2, 0) is 0 Å². The van der Waals surface area contributed by atoms with E-state index in [1.54, 1.807) is 0 Å². The summed E-state index contributed by atoms with van der Waals surface area (Å²) >= 11 is 0. The Balaban J connectivity index is 1.16. The molecule has 5 heteroatoms. The number of benzene rings is 6. The Morgan fingerprint density at radius 2 is 1.30 bits per heavy atom. The van der Waals surface area contributed by atoms with E-state index in [9.17, 15) is 0 Å². The van der Waals surface area contributed by atoms with Crippen LogP contribution in [0.1, 0.15) is 18.2 Å². The van der Waals surface area contributed by atoms with E-state index in [0.29, 0.717) is 11.6 Å². The van der Waals surface area contributed by atoms with Crippen LogP contribution in [0.3, 0.4) is 0 Å². The molecule has 1 aliphatic rings. The van der Waals surface area contributed by atoms with Gasteiger partial charge in [-0.25, -0.2) is 15.0 Å². The van der Waals surface area contributed by atoms with Crippen LogP contribution in [0.5, 0.6) is 0 Å². The summed E-state index contributed by atoms with van der Waals surface area (Å²) in [5.41, 5.74) is 9.23. The maximum absolute atomic E-state index is 6.63. The summed E-state index contributed by atoms with van der Waals surface area (Å²) in [6, 6.07) is 48.7. The van der Waals surface area contributed by atoms with Crippen molar-refractivity contribution >= 4 is 43.7 Å². The van der Waals surface area contributed by atoms with Gasteiger partial charge >= 0.3 is 0 Å². The third-order valence-corrected chi connectivity index (χ3v) is 9.76. The summed E-state index contributed by atoms with van der Waals surface area (Å²) in [6.07, 6.45) is 9.33. The molecule has 10 rings (SSSR count). The Morgan fingerprint density at radius 1 is 0.540 bits per heavy atom. The molecule has 0 aliphatic heterocycles. The molecular weight excluding hydrogens is 613 g/mol. The van der Waals surface area contributed by atoms with E-state index in [1.165, 1.54) is 21.9 Å². The Morgan fingerprint density at radius 3 is 2.14 bits per heavy atom. The topological polar surface area (TPSA) is 56.7 Å². The molecule has 9 aromatic rings. The van der Waals surface area contributed by atoms with Gasteiger partial charge in [0.25, 0.3) is 0 Å². The van der Waals surface area contributed by atoms with Gasteiger partial charge in [-0.15, -0.1) is 0 Å². The molecule has 1 unspecified atom stereocenters. The van der Waals surface area contributed by atoms with Crippen LogP contribution >= 0.6 is 0 Å². The number of rotatable bonds is 5. The standard InChI is InChI=1S/C45H30N4O/c1-4-13-29(14-5-1)32-23-25-35-34-19-10-11-21-38(34)49(39(35)27-32)33-24-26-36-41(28-33)50-40-22-12-20-37(42(36)40)45-47-43(30-15-6-2-7-16-30)46-44(48-45)31-17-8-3-9-18-31/h1-17,19-28,31H,18H2. The molecule has 1 atom stereocenters. The largest absolute Gasteiger partial charge is 0.456 e. The van der Waals surface area contributed by atoms with Crippen LogP contribution in [-0.4, -0.2) is 19.5 Å². The van der Waals surface area contributed by atoms with Crippen molar-refractivity contribution in [3.8, 4) is 39.6 Å². The molecule has 236 valence electrons. The van der Waals surface area contributed by atoms with Crippen molar-refractivity contribution in [1.29, 1.82) is 0 Å². The van der Waals surface area contributed by atoms with Crippen LogP contribution in [0.4, 0.5) is 0 Å². The van der Waals surface area contributed by atoms with Crippen molar-refractivity contribution in [2.75, 3.05) is 0 Å². The minimum atomic E-state index is 0.0840. The van der Waals surface area contributed by atoms with E-state index in [2.05, 4.69) is 126 Å². The van der Waals surface area contributed by atoms with Gasteiger partial charge in [-0.1, -0.05) is 127 Å². The third kappa shape index (κ3) is 4.66. The average molecular weight is 643 g/mol. The Hall–Kier alpha value is -6.59. The molecule has 0 spiro atoms. The molecular formula is C45H30N4O. The second kappa shape index (κ2) is 11.5. The lowest BCUT2D eigenvalue weighted by atomic mass is 9.99. The van der Waals surface area contributed by atoms with E-state index in [-0.39, 0.29) is 5.92 Å². The smallest absolute Gasteiger partial charge is 0.164 e. The van der Waals surface area contributed by atoms with Crippen LogP contribution < -0.4 is 0 Å². The predicted octanol–water partition coefficient (Wildman–Crippen LogP) is 11.5. The number of furan rings is 1. The van der Waals surface area contributed by atoms with Crippen LogP contribution in [0.15, 0.2) is 168 Å². The van der Waals surface area contributed by atoms with Crippen molar-refractivity contribution in [2.24, 2.45) is 0 Å². The number of para-hydroxylation sites is 1. The third-order valence-electron chi connectivity index (χ3n) is 9.76. The second-order valence-corrected chi connectivity index (χ2v) is 12.8. The molecule has 5 nitrogen and oxygen atoms in total. The summed E-state index contributed by atoms with van der Waals surface area (Å²) < 4.78 is 8.98. The molecule has 0 amide bonds. The maximum atomic E-state index is 6.63. The van der Waals surface area contributed by atoms with E-state index in [1.807, 2.05) is 42.5 Å². The summed E-state index contributed by atoms with van der Waals surface area (Å²) in [5.74, 6) is 2.16. The van der Waals surface area contributed by atoms with Crippen molar-refractivity contribution in [3.05, 3.63) is 170 Å². The van der Waals surface area contributed by atoms with Gasteiger partial charge in [-0.05, 0) is 47.9 Å². The molecule has 0 N–H and O–H groups in total. The fraction of sp³-hybridized carbons (Fsp3) is 0.0444. The number of allylic oxidation sites excluding steroid dienone is 4. The molecule has 0 bridgehead atoms. The van der Waals surface area contributed by atoms with Gasteiger partial charge in [0.1, 0.15) is 17.0 Å². The van der Waals surface area contributed by atoms with Gasteiger partial charge in [-0.3, -0.25) is 0 Å². The van der Waals surface area contributed by atoms with Gasteiger partial charge in [0.2, 0.25) is 0 Å². The Labute approximate surface area is 288 Å². The summed E-state index contributed by atoms with van der Waals surface area (Å²) in [5, 5.41) is 4.46. The first-order chi connectivity index (χ1) is 24.8. The lowest BCUT2D eigenvalue weighted by Crippen LogP contribution is -2.07. The van der Waals surface area contributed by atoms with Crippen LogP contribution in [0.2, 0.25) is 0 Å². The lowest BCUT2D eigenvalue weighted by Gasteiger charge is -2.14. The van der Waals surface area contributed by atoms with Crippen LogP contribution in [0.25, 0.3) is 83.3 Å². The first-order valence-electron chi connectivity index (χ1n) is 17.0. The SMILES string of the molecule is C1=CCC(c2nc(-c3ccccc3)nc(-c3cccc4oc5cc(-n6c7ccccc7c7ccc(-c8ccccc8)cc76)ccc5c34)n2)C=C1. The number of aromatic nitrogens is 4. The highest BCUT2D eigenvalue weighted by molar-refractivity contribution is 6.13. The highest BCUT2D eigenvalue weighted by Crippen LogP contribution is 2.40. The zero-order valence-electron chi connectivity index (χ0n) is 27.1. The van der Waals surface area contributed by atoms with Gasteiger partial charge in [-0.2, -0.15) is 0 Å². The van der Waals surface area contributed by atoms with Gasteiger partial charge in [0, 0.05) is 50.3 Å². The zero-order chi connectivity index (χ0) is 33.0. The Bertz CT molecular complexity index is 2790. The highest BCUT2D eigenvalue weighted by Gasteiger charge is 2.21. The molecule has 0 saturated carbocycles. The van der Waals surface area contributed by atoms with E-state index in [4.69, 9.17) is 19.4 Å². The second-order valence-electron chi connectivity index (χ2n) is 12.8. The molecule has 50 heavy (non-hydrogen) atoms. The van der Waals surface area contributed by atoms with Crippen molar-refractivity contribution in [3.63, 3.8) is 0 Å². The minimum Gasteiger partial charge on any atom is -0.456 e. The molecule has 3 heterocycles. The van der Waals surface area contributed by atoms with Crippen LogP contribution in [0, 0.1) is 0 Å². The average Bonchev–Trinajstić information content (AvgIpc) is 3.73. The van der Waals surface area contributed by atoms with E-state index < -0.39 is 0 Å². The monoisotopic (exact) mass is 642 g/mol. The summed E-state index contributed by atoms with van der Waals surface area (Å²) in [6.45, 7) is 0. The predicted molar refractivity (Wildman–Crippen MR) is 203 cm³/mol. The van der Waals surface area contributed by atoms with Gasteiger partial charge < -0.3 is 8.98 Å². The molecule has 1 aliphatic carbocycles. The lowest BCUT2D eigenvalue weighted by molar-refractivity contribution is 0.668. The first kappa shape index (κ1) is 28.4. The number of fused-ring (bicyclic) bond motifs is 6. The quantitative estimate of drug-likeness (QED) is 0.187. The number of hydrogen-bond acceptors (Lipinski definition) is 4. The van der Waals surface area contributed by atoms with Crippen molar-refractivity contribution < 1.29 is 4.42 Å². The maximum Gasteiger partial charge on any atom is 0.164 e. The molecule has 0 saturated heterocycles. The summed E-state index contributed by atoms with van der Waals surface area (Å²) in [7, 11) is 0. The number of nitrogens with zero attached hydrogens (tertiary/aromatic N) is 4. The van der Waals surface area contributed by atoms with Crippen molar-refractivity contribution in [2.45, 2.75) is 12.3 Å². The number of hydrogen-bond donors (Lipinski definition) is 0. The van der Waals surface area contributed by atoms with E-state index in [0.717, 1.165) is 62.0 Å². The normalized spacial score (nSPS) is 14.4. The molecule has 0 fully saturated rings. The minimum absolute atomic E-state index is 0.0840. The fourth-order valence-electron chi connectivity index (χ4n) is 7.37.